The van der Waals surface area contributed by atoms with Crippen molar-refractivity contribution in [2.45, 2.75) is 13.3 Å². The zero-order chi connectivity index (χ0) is 13.4. The summed E-state index contributed by atoms with van der Waals surface area (Å²) >= 11 is 0. The Labute approximate surface area is 110 Å². The van der Waals surface area contributed by atoms with Gasteiger partial charge in [0, 0.05) is 6.08 Å². The molecule has 0 spiro atoms. The summed E-state index contributed by atoms with van der Waals surface area (Å²) in [7, 11) is 5.73. The van der Waals surface area contributed by atoms with Gasteiger partial charge in [-0.1, -0.05) is 31.2 Å². The van der Waals surface area contributed by atoms with E-state index in [9.17, 15) is 0 Å². The van der Waals surface area contributed by atoms with E-state index in [0.717, 1.165) is 12.2 Å². The van der Waals surface area contributed by atoms with E-state index in [1.54, 1.807) is 7.11 Å². The van der Waals surface area contributed by atoms with Crippen LogP contribution in [0.25, 0.3) is 6.08 Å². The van der Waals surface area contributed by atoms with E-state index in [-0.39, 0.29) is 0 Å². The maximum atomic E-state index is 5.13. The number of rotatable bonds is 5. The number of nitrogens with zero attached hydrogens (tertiary/aromatic N) is 1. The summed E-state index contributed by atoms with van der Waals surface area (Å²) in [5, 5.41) is 0. The molecule has 0 saturated carbocycles. The molecule has 0 aliphatic rings. The first kappa shape index (κ1) is 14.2. The first-order valence-electron chi connectivity index (χ1n) is 6.18. The fourth-order valence-electron chi connectivity index (χ4n) is 1.45. The molecule has 0 aliphatic heterocycles. The quantitative estimate of drug-likeness (QED) is 0.439. The number of methoxy groups -OCH3 is 1. The predicted octanol–water partition coefficient (Wildman–Crippen LogP) is 3.39. The Balaban J connectivity index is 2.77. The maximum Gasteiger partial charge on any atom is 0.163 e. The molecule has 0 heterocycles. The zero-order valence-corrected chi connectivity index (χ0v) is 11.7. The van der Waals surface area contributed by atoms with Crippen LogP contribution in [0.1, 0.15) is 18.9 Å². The average molecular weight is 244 g/mol. The topological polar surface area (TPSA) is 12.2 Å². The molecule has 1 aromatic rings. The predicted molar refractivity (Wildman–Crippen MR) is 78.6 cm³/mol. The third kappa shape index (κ3) is 5.00. The lowest BCUT2D eigenvalue weighted by Crippen LogP contribution is -1.96. The van der Waals surface area contributed by atoms with Crippen molar-refractivity contribution < 1.29 is 9.31 Å². The molecule has 0 bridgehead atoms. The zero-order valence-electron chi connectivity index (χ0n) is 11.7. The minimum Gasteiger partial charge on any atom is -0.497 e. The third-order valence-corrected chi connectivity index (χ3v) is 2.60. The number of allylic oxidation sites excluding steroid dienone is 3. The van der Waals surface area contributed by atoms with Gasteiger partial charge in [-0.3, -0.25) is 0 Å². The number of hydrogen-bond acceptors (Lipinski definition) is 1. The first-order valence-corrected chi connectivity index (χ1v) is 6.18. The molecule has 2 nitrogen and oxygen atoms in total. The maximum absolute atomic E-state index is 5.13. The molecule has 2 heteroatoms. The molecule has 0 radical (unpaired) electrons. The highest BCUT2D eigenvalue weighted by atomic mass is 16.5. The lowest BCUT2D eigenvalue weighted by atomic mass is 10.1. The minimum atomic E-state index is 0.888. The molecular formula is C16H22NO+. The Morgan fingerprint density at radius 2 is 1.89 bits per heavy atom. The number of ether oxygens (including phenoxy) is 1. The molecule has 18 heavy (non-hydrogen) atoms. The van der Waals surface area contributed by atoms with Crippen LogP contribution in [0.2, 0.25) is 0 Å². The van der Waals surface area contributed by atoms with Gasteiger partial charge in [0.1, 0.15) is 19.8 Å². The molecule has 96 valence electrons. The van der Waals surface area contributed by atoms with Crippen molar-refractivity contribution in [1.82, 2.24) is 0 Å². The number of hydrogen-bond donors (Lipinski definition) is 0. The second-order valence-electron chi connectivity index (χ2n) is 4.31. The van der Waals surface area contributed by atoms with Crippen LogP contribution in [-0.4, -0.2) is 32.0 Å². The van der Waals surface area contributed by atoms with Gasteiger partial charge in [-0.15, -0.1) is 0 Å². The Bertz CT molecular complexity index is 448. The summed E-state index contributed by atoms with van der Waals surface area (Å²) in [5.41, 5.74) is 2.49. The summed E-state index contributed by atoms with van der Waals surface area (Å²) in [6.07, 6.45) is 9.51. The van der Waals surface area contributed by atoms with Gasteiger partial charge >= 0.3 is 0 Å². The molecule has 0 aliphatic carbocycles. The van der Waals surface area contributed by atoms with Gasteiger partial charge in [-0.2, -0.15) is 0 Å². The van der Waals surface area contributed by atoms with Crippen molar-refractivity contribution in [3.63, 3.8) is 0 Å². The van der Waals surface area contributed by atoms with E-state index in [4.69, 9.17) is 4.74 Å². The van der Waals surface area contributed by atoms with Crippen LogP contribution >= 0.6 is 0 Å². The highest BCUT2D eigenvalue weighted by molar-refractivity contribution is 5.69. The van der Waals surface area contributed by atoms with Crippen LogP contribution in [0.4, 0.5) is 0 Å². The van der Waals surface area contributed by atoms with Gasteiger partial charge in [0.05, 0.1) is 7.11 Å². The summed E-state index contributed by atoms with van der Waals surface area (Å²) in [6, 6.07) is 8.05. The summed E-state index contributed by atoms with van der Waals surface area (Å²) in [4.78, 5) is 0. The van der Waals surface area contributed by atoms with E-state index in [2.05, 4.69) is 43.5 Å². The third-order valence-electron chi connectivity index (χ3n) is 2.60. The summed E-state index contributed by atoms with van der Waals surface area (Å²) in [6.45, 7) is 2.16. The van der Waals surface area contributed by atoms with Crippen LogP contribution in [0.15, 0.2) is 42.0 Å². The van der Waals surface area contributed by atoms with Crippen molar-refractivity contribution in [3.05, 3.63) is 47.6 Å². The second-order valence-corrected chi connectivity index (χ2v) is 4.31. The van der Waals surface area contributed by atoms with Gasteiger partial charge in [0.25, 0.3) is 0 Å². The minimum absolute atomic E-state index is 0.888. The highest BCUT2D eigenvalue weighted by Gasteiger charge is 1.92. The average Bonchev–Trinajstić information content (AvgIpc) is 2.39. The fourth-order valence-corrected chi connectivity index (χ4v) is 1.45. The molecule has 0 fully saturated rings. The van der Waals surface area contributed by atoms with Crippen molar-refractivity contribution in [3.8, 4) is 5.75 Å². The molecule has 0 aromatic heterocycles. The van der Waals surface area contributed by atoms with Gasteiger partial charge in [-0.05, 0) is 29.7 Å². The Morgan fingerprint density at radius 1 is 1.22 bits per heavy atom. The van der Waals surface area contributed by atoms with E-state index < -0.39 is 0 Å². The van der Waals surface area contributed by atoms with Crippen LogP contribution in [0.3, 0.4) is 0 Å². The Morgan fingerprint density at radius 3 is 2.39 bits per heavy atom. The SMILES string of the molecule is CCC(/C=C/c1ccc(OC)cc1)=C\C=[N+](C)C. The Kier molecular flexibility index (Phi) is 5.92. The molecule has 0 saturated heterocycles. The van der Waals surface area contributed by atoms with Crippen molar-refractivity contribution >= 4 is 12.3 Å². The molecular weight excluding hydrogens is 222 g/mol. The normalized spacial score (nSPS) is 11.7. The smallest absolute Gasteiger partial charge is 0.163 e. The van der Waals surface area contributed by atoms with E-state index in [0.29, 0.717) is 0 Å². The van der Waals surface area contributed by atoms with Crippen molar-refractivity contribution in [1.29, 1.82) is 0 Å². The van der Waals surface area contributed by atoms with E-state index in [1.165, 1.54) is 11.1 Å². The van der Waals surface area contributed by atoms with Crippen LogP contribution in [0, 0.1) is 0 Å². The molecule has 1 rings (SSSR count). The molecule has 0 amide bonds. The molecule has 0 atom stereocenters. The van der Waals surface area contributed by atoms with Gasteiger partial charge in [0.15, 0.2) is 6.21 Å². The van der Waals surface area contributed by atoms with E-state index >= 15 is 0 Å². The van der Waals surface area contributed by atoms with Gasteiger partial charge in [-0.25, -0.2) is 4.58 Å². The van der Waals surface area contributed by atoms with E-state index in [1.807, 2.05) is 30.8 Å². The molecule has 0 N–H and O–H groups in total. The lowest BCUT2D eigenvalue weighted by Gasteiger charge is -1.99. The first-order chi connectivity index (χ1) is 8.65. The van der Waals surface area contributed by atoms with Gasteiger partial charge in [0.2, 0.25) is 0 Å². The summed E-state index contributed by atoms with van der Waals surface area (Å²) < 4.78 is 7.17. The largest absolute Gasteiger partial charge is 0.497 e. The van der Waals surface area contributed by atoms with Gasteiger partial charge < -0.3 is 4.74 Å². The summed E-state index contributed by atoms with van der Waals surface area (Å²) in [5.74, 6) is 0.888. The standard InChI is InChI=1S/C16H22NO/c1-5-14(12-13-17(2)3)6-7-15-8-10-16(18-4)11-9-15/h6-13H,5H2,1-4H3/q+1/b7-6+,14-12+. The second kappa shape index (κ2) is 7.49. The Hall–Kier alpha value is -1.83. The van der Waals surface area contributed by atoms with Crippen LogP contribution < -0.4 is 4.74 Å². The van der Waals surface area contributed by atoms with Crippen molar-refractivity contribution in [2.75, 3.05) is 21.2 Å². The van der Waals surface area contributed by atoms with Crippen molar-refractivity contribution in [2.24, 2.45) is 0 Å². The van der Waals surface area contributed by atoms with Crippen LogP contribution in [-0.2, 0) is 0 Å². The molecule has 1 aromatic carbocycles. The molecule has 0 unspecified atom stereocenters. The number of benzene rings is 1. The fraction of sp³-hybridized carbons (Fsp3) is 0.312. The lowest BCUT2D eigenvalue weighted by molar-refractivity contribution is -0.458. The highest BCUT2D eigenvalue weighted by Crippen LogP contribution is 2.13. The van der Waals surface area contributed by atoms with Crippen LogP contribution in [0.5, 0.6) is 5.75 Å². The monoisotopic (exact) mass is 244 g/mol.